The first-order valence-electron chi connectivity index (χ1n) is 9.37. The number of rotatable bonds is 4. The molecule has 8 nitrogen and oxygen atoms in total. The first-order valence-corrected chi connectivity index (χ1v) is 11.7. The summed E-state index contributed by atoms with van der Waals surface area (Å²) in [6, 6.07) is 6.36. The minimum Gasteiger partial charge on any atom is -0.479 e. The minimum atomic E-state index is -3.71. The second kappa shape index (κ2) is 7.77. The van der Waals surface area contributed by atoms with E-state index in [1.54, 1.807) is 30.5 Å². The summed E-state index contributed by atoms with van der Waals surface area (Å²) in [5.41, 5.74) is 0.889. The van der Waals surface area contributed by atoms with E-state index >= 15 is 0 Å². The van der Waals surface area contributed by atoms with E-state index in [0.29, 0.717) is 30.2 Å². The zero-order valence-electron chi connectivity index (χ0n) is 15.8. The van der Waals surface area contributed by atoms with Crippen molar-refractivity contribution < 1.29 is 22.7 Å². The topological polar surface area (TPSA) is 105 Å². The van der Waals surface area contributed by atoms with Crippen molar-refractivity contribution in [2.45, 2.75) is 37.2 Å². The Bertz CT molecular complexity index is 1060. The summed E-state index contributed by atoms with van der Waals surface area (Å²) < 4.78 is 32.9. The molecule has 0 aliphatic carbocycles. The van der Waals surface area contributed by atoms with Crippen LogP contribution in [-0.4, -0.2) is 43.7 Å². The molecule has 0 spiro atoms. The maximum Gasteiger partial charge on any atom is 0.267 e. The fraction of sp³-hybridized carbons (Fsp3) is 0.368. The van der Waals surface area contributed by atoms with Crippen LogP contribution in [0.25, 0.3) is 0 Å². The van der Waals surface area contributed by atoms with Gasteiger partial charge in [0.15, 0.2) is 6.10 Å². The largest absolute Gasteiger partial charge is 0.479 e. The molecule has 0 radical (unpaired) electrons. The molecule has 0 bridgehead atoms. The highest BCUT2D eigenvalue weighted by atomic mass is 32.2. The number of thiophene rings is 1. The van der Waals surface area contributed by atoms with Gasteiger partial charge in [-0.15, -0.1) is 11.3 Å². The Balaban J connectivity index is 1.56. The van der Waals surface area contributed by atoms with Gasteiger partial charge in [0.1, 0.15) is 15.5 Å². The number of carbonyl (C=O) groups excluding carboxylic acids is 2. The molecule has 154 valence electrons. The Morgan fingerprint density at radius 1 is 1.24 bits per heavy atom. The number of nitrogens with zero attached hydrogens (tertiary/aromatic N) is 1. The molecule has 1 atom stereocenters. The van der Waals surface area contributed by atoms with Gasteiger partial charge in [-0.1, -0.05) is 6.42 Å². The number of hydrogen-bond acceptors (Lipinski definition) is 6. The Labute approximate surface area is 172 Å². The van der Waals surface area contributed by atoms with Gasteiger partial charge in [0.2, 0.25) is 10.0 Å². The van der Waals surface area contributed by atoms with Crippen LogP contribution in [0.2, 0.25) is 0 Å². The molecular weight excluding hydrogens is 414 g/mol. The standard InChI is InChI=1S/C19H21N3O5S2/c1-12-18(23)21-14-11-13(5-6-15(14)27-12)20-19(24)17-16(7-10-28-17)29(25,26)22-8-3-2-4-9-22/h5-7,10-12H,2-4,8-9H2,1H3,(H,20,24)(H,21,23). The molecule has 0 saturated carbocycles. The first-order chi connectivity index (χ1) is 13.9. The van der Waals surface area contributed by atoms with Crippen molar-refractivity contribution in [3.05, 3.63) is 34.5 Å². The second-order valence-corrected chi connectivity index (χ2v) is 9.82. The Morgan fingerprint density at radius 3 is 2.76 bits per heavy atom. The lowest BCUT2D eigenvalue weighted by molar-refractivity contribution is -0.122. The number of amides is 2. The molecule has 2 N–H and O–H groups in total. The van der Waals surface area contributed by atoms with Gasteiger partial charge >= 0.3 is 0 Å². The number of sulfonamides is 1. The summed E-state index contributed by atoms with van der Waals surface area (Å²) in [7, 11) is -3.71. The van der Waals surface area contributed by atoms with Gasteiger partial charge in [0.05, 0.1) is 5.69 Å². The number of carbonyl (C=O) groups is 2. The third-order valence-electron chi connectivity index (χ3n) is 4.94. The molecule has 1 aromatic carbocycles. The van der Waals surface area contributed by atoms with E-state index < -0.39 is 22.0 Å². The van der Waals surface area contributed by atoms with Gasteiger partial charge in [-0.3, -0.25) is 9.59 Å². The van der Waals surface area contributed by atoms with E-state index in [1.165, 1.54) is 10.4 Å². The van der Waals surface area contributed by atoms with Crippen LogP contribution in [0.15, 0.2) is 34.5 Å². The monoisotopic (exact) mass is 435 g/mol. The van der Waals surface area contributed by atoms with Crippen LogP contribution >= 0.6 is 11.3 Å². The van der Waals surface area contributed by atoms with Crippen LogP contribution in [-0.2, 0) is 14.8 Å². The number of benzene rings is 1. The van der Waals surface area contributed by atoms with Crippen LogP contribution in [0.4, 0.5) is 11.4 Å². The Morgan fingerprint density at radius 2 is 2.00 bits per heavy atom. The van der Waals surface area contributed by atoms with Gasteiger partial charge in [-0.05, 0) is 49.4 Å². The normalized spacial score (nSPS) is 19.8. The predicted molar refractivity (Wildman–Crippen MR) is 110 cm³/mol. The molecule has 2 aromatic rings. The molecule has 1 saturated heterocycles. The van der Waals surface area contributed by atoms with Crippen molar-refractivity contribution in [1.82, 2.24) is 4.31 Å². The van der Waals surface area contributed by atoms with Crippen molar-refractivity contribution in [1.29, 1.82) is 0 Å². The lowest BCUT2D eigenvalue weighted by atomic mass is 10.2. The number of ether oxygens (including phenoxy) is 1. The average molecular weight is 436 g/mol. The van der Waals surface area contributed by atoms with Crippen molar-refractivity contribution in [2.24, 2.45) is 0 Å². The van der Waals surface area contributed by atoms with Gasteiger partial charge in [0.25, 0.3) is 11.8 Å². The molecule has 10 heteroatoms. The van der Waals surface area contributed by atoms with Gasteiger partial charge in [-0.25, -0.2) is 8.42 Å². The summed E-state index contributed by atoms with van der Waals surface area (Å²) in [6.45, 7) is 2.60. The number of piperidine rings is 1. The lowest BCUT2D eigenvalue weighted by Gasteiger charge is -2.26. The zero-order valence-corrected chi connectivity index (χ0v) is 17.4. The number of nitrogens with one attached hydrogen (secondary N) is 2. The number of hydrogen-bond donors (Lipinski definition) is 2. The fourth-order valence-corrected chi connectivity index (χ4v) is 6.20. The highest BCUT2D eigenvalue weighted by Crippen LogP contribution is 2.33. The molecule has 1 fully saturated rings. The maximum absolute atomic E-state index is 13.0. The Kier molecular flexibility index (Phi) is 5.32. The van der Waals surface area contributed by atoms with Crippen molar-refractivity contribution in [2.75, 3.05) is 23.7 Å². The van der Waals surface area contributed by atoms with Gasteiger partial charge in [0, 0.05) is 18.8 Å². The lowest BCUT2D eigenvalue weighted by Crippen LogP contribution is -2.36. The van der Waals surface area contributed by atoms with Crippen LogP contribution in [0.3, 0.4) is 0 Å². The maximum atomic E-state index is 13.0. The smallest absolute Gasteiger partial charge is 0.267 e. The van der Waals surface area contributed by atoms with Gasteiger partial charge < -0.3 is 15.4 Å². The van der Waals surface area contributed by atoms with E-state index in [4.69, 9.17) is 4.74 Å². The van der Waals surface area contributed by atoms with E-state index in [2.05, 4.69) is 10.6 Å². The molecule has 3 heterocycles. The molecule has 1 aromatic heterocycles. The van der Waals surface area contributed by atoms with E-state index in [9.17, 15) is 18.0 Å². The molecular formula is C19H21N3O5S2. The number of anilines is 2. The van der Waals surface area contributed by atoms with Crippen LogP contribution < -0.4 is 15.4 Å². The summed E-state index contributed by atoms with van der Waals surface area (Å²) in [5, 5.41) is 7.04. The SMILES string of the molecule is CC1Oc2ccc(NC(=O)c3sccc3S(=O)(=O)N3CCCCC3)cc2NC1=O. The quantitative estimate of drug-likeness (QED) is 0.768. The first kappa shape index (κ1) is 19.9. The highest BCUT2D eigenvalue weighted by molar-refractivity contribution is 7.89. The summed E-state index contributed by atoms with van der Waals surface area (Å²) in [4.78, 5) is 24.8. The highest BCUT2D eigenvalue weighted by Gasteiger charge is 2.31. The Hall–Kier alpha value is -2.43. The van der Waals surface area contributed by atoms with Crippen LogP contribution in [0.1, 0.15) is 35.9 Å². The molecule has 1 unspecified atom stereocenters. The van der Waals surface area contributed by atoms with E-state index in [0.717, 1.165) is 30.6 Å². The van der Waals surface area contributed by atoms with Gasteiger partial charge in [-0.2, -0.15) is 4.31 Å². The molecule has 29 heavy (non-hydrogen) atoms. The number of fused-ring (bicyclic) bond motifs is 1. The van der Waals surface area contributed by atoms with Crippen LogP contribution in [0, 0.1) is 0 Å². The third kappa shape index (κ3) is 3.87. The summed E-state index contributed by atoms with van der Waals surface area (Å²) in [5.74, 6) is -0.263. The van der Waals surface area contributed by atoms with Crippen molar-refractivity contribution in [3.63, 3.8) is 0 Å². The van der Waals surface area contributed by atoms with E-state index in [1.807, 2.05) is 0 Å². The summed E-state index contributed by atoms with van der Waals surface area (Å²) in [6.07, 6.45) is 2.08. The second-order valence-electron chi connectivity index (χ2n) is 6.99. The van der Waals surface area contributed by atoms with Crippen molar-refractivity contribution in [3.8, 4) is 5.75 Å². The van der Waals surface area contributed by atoms with Crippen LogP contribution in [0.5, 0.6) is 5.75 Å². The molecule has 2 aliphatic rings. The van der Waals surface area contributed by atoms with Crippen molar-refractivity contribution >= 4 is 44.5 Å². The average Bonchev–Trinajstić information content (AvgIpc) is 3.21. The van der Waals surface area contributed by atoms with E-state index in [-0.39, 0.29) is 15.7 Å². The third-order valence-corrected chi connectivity index (χ3v) is 7.92. The predicted octanol–water partition coefficient (Wildman–Crippen LogP) is 2.89. The molecule has 2 aliphatic heterocycles. The minimum absolute atomic E-state index is 0.0327. The molecule has 2 amide bonds. The zero-order chi connectivity index (χ0) is 20.6. The molecule has 4 rings (SSSR count). The fourth-order valence-electron chi connectivity index (χ4n) is 3.38. The summed E-state index contributed by atoms with van der Waals surface area (Å²) >= 11 is 1.08.